The molecule has 1 aromatic rings. The number of nitrogens with two attached hydrogens (primary N) is 1. The first kappa shape index (κ1) is 10.6. The van der Waals surface area contributed by atoms with Crippen LogP contribution in [0, 0.1) is 19.7 Å². The van der Waals surface area contributed by atoms with Crippen molar-refractivity contribution in [2.45, 2.75) is 45.1 Å². The molecule has 1 fully saturated rings. The minimum Gasteiger partial charge on any atom is -0.321 e. The van der Waals surface area contributed by atoms with E-state index in [9.17, 15) is 4.39 Å². The van der Waals surface area contributed by atoms with E-state index in [1.807, 2.05) is 19.9 Å². The van der Waals surface area contributed by atoms with Crippen LogP contribution in [-0.4, -0.2) is 0 Å². The Morgan fingerprint density at radius 2 is 1.80 bits per heavy atom. The van der Waals surface area contributed by atoms with Gasteiger partial charge in [-0.3, -0.25) is 0 Å². The fourth-order valence-electron chi connectivity index (χ4n) is 2.84. The molecular formula is C13H18FN. The molecule has 1 nitrogen and oxygen atoms in total. The minimum absolute atomic E-state index is 0.132. The number of hydrogen-bond donors (Lipinski definition) is 1. The summed E-state index contributed by atoms with van der Waals surface area (Å²) >= 11 is 0. The molecule has 2 heteroatoms. The van der Waals surface area contributed by atoms with Crippen molar-refractivity contribution in [1.82, 2.24) is 0 Å². The zero-order chi connectivity index (χ0) is 11.1. The van der Waals surface area contributed by atoms with Gasteiger partial charge in [-0.05, 0) is 49.4 Å². The van der Waals surface area contributed by atoms with Gasteiger partial charge in [-0.2, -0.15) is 0 Å². The molecule has 1 aliphatic carbocycles. The second-order valence-corrected chi connectivity index (χ2v) is 4.73. The van der Waals surface area contributed by atoms with Crippen LogP contribution in [0.15, 0.2) is 12.1 Å². The van der Waals surface area contributed by atoms with Gasteiger partial charge in [0.1, 0.15) is 5.82 Å². The van der Waals surface area contributed by atoms with Crippen LogP contribution in [-0.2, 0) is 5.54 Å². The predicted molar refractivity (Wildman–Crippen MR) is 60.2 cm³/mol. The zero-order valence-electron chi connectivity index (χ0n) is 9.44. The number of rotatable bonds is 1. The van der Waals surface area contributed by atoms with Crippen molar-refractivity contribution < 1.29 is 4.39 Å². The van der Waals surface area contributed by atoms with Crippen molar-refractivity contribution in [3.8, 4) is 0 Å². The zero-order valence-corrected chi connectivity index (χ0v) is 9.44. The van der Waals surface area contributed by atoms with Gasteiger partial charge in [0.25, 0.3) is 0 Å². The molecule has 0 atom stereocenters. The first-order chi connectivity index (χ1) is 7.04. The summed E-state index contributed by atoms with van der Waals surface area (Å²) < 4.78 is 13.5. The third-order valence-corrected chi connectivity index (χ3v) is 3.60. The average Bonchev–Trinajstić information content (AvgIpc) is 2.60. The number of aryl methyl sites for hydroxylation is 1. The smallest absolute Gasteiger partial charge is 0.126 e. The van der Waals surface area contributed by atoms with Gasteiger partial charge in [-0.1, -0.05) is 18.9 Å². The lowest BCUT2D eigenvalue weighted by molar-refractivity contribution is 0.451. The molecule has 0 amide bonds. The van der Waals surface area contributed by atoms with Gasteiger partial charge in [-0.25, -0.2) is 4.39 Å². The van der Waals surface area contributed by atoms with Crippen LogP contribution < -0.4 is 5.73 Å². The first-order valence-electron chi connectivity index (χ1n) is 5.60. The molecule has 2 rings (SSSR count). The van der Waals surface area contributed by atoms with Gasteiger partial charge in [-0.15, -0.1) is 0 Å². The maximum atomic E-state index is 13.5. The van der Waals surface area contributed by atoms with Crippen molar-refractivity contribution in [3.05, 3.63) is 34.6 Å². The van der Waals surface area contributed by atoms with E-state index < -0.39 is 0 Å². The summed E-state index contributed by atoms with van der Waals surface area (Å²) in [7, 11) is 0. The molecule has 0 aromatic heterocycles. The van der Waals surface area contributed by atoms with Gasteiger partial charge in [0.15, 0.2) is 0 Å². The minimum atomic E-state index is -0.281. The van der Waals surface area contributed by atoms with Gasteiger partial charge in [0.2, 0.25) is 0 Å². The summed E-state index contributed by atoms with van der Waals surface area (Å²) in [6.45, 7) is 3.86. The highest BCUT2D eigenvalue weighted by atomic mass is 19.1. The Morgan fingerprint density at radius 1 is 1.20 bits per heavy atom. The van der Waals surface area contributed by atoms with Crippen molar-refractivity contribution in [2.24, 2.45) is 5.73 Å². The second kappa shape index (κ2) is 3.60. The lowest BCUT2D eigenvalue weighted by Crippen LogP contribution is -2.35. The summed E-state index contributed by atoms with van der Waals surface area (Å²) in [5.74, 6) is -0.132. The van der Waals surface area contributed by atoms with Crippen LogP contribution in [0.25, 0.3) is 0 Å². The van der Waals surface area contributed by atoms with Crippen LogP contribution in [0.2, 0.25) is 0 Å². The Bertz CT molecular complexity index is 378. The number of halogens is 1. The molecule has 1 aromatic carbocycles. The van der Waals surface area contributed by atoms with Gasteiger partial charge < -0.3 is 5.73 Å². The summed E-state index contributed by atoms with van der Waals surface area (Å²) in [4.78, 5) is 0. The van der Waals surface area contributed by atoms with Crippen LogP contribution >= 0.6 is 0 Å². The molecule has 0 unspecified atom stereocenters. The molecule has 1 aliphatic rings. The third-order valence-electron chi connectivity index (χ3n) is 3.60. The van der Waals surface area contributed by atoms with E-state index in [1.165, 1.54) is 6.07 Å². The Hall–Kier alpha value is -0.890. The van der Waals surface area contributed by atoms with Crippen LogP contribution in [0.1, 0.15) is 42.4 Å². The summed E-state index contributed by atoms with van der Waals surface area (Å²) in [5, 5.41) is 0. The summed E-state index contributed by atoms with van der Waals surface area (Å²) in [6, 6.07) is 3.37. The fourth-order valence-corrected chi connectivity index (χ4v) is 2.84. The van der Waals surface area contributed by atoms with E-state index in [2.05, 4.69) is 0 Å². The van der Waals surface area contributed by atoms with Crippen LogP contribution in [0.4, 0.5) is 4.39 Å². The number of benzene rings is 1. The van der Waals surface area contributed by atoms with Crippen LogP contribution in [0.3, 0.4) is 0 Å². The van der Waals surface area contributed by atoms with E-state index in [1.54, 1.807) is 0 Å². The average molecular weight is 207 g/mol. The lowest BCUT2D eigenvalue weighted by atomic mass is 9.83. The standard InChI is InChI=1S/C13H18FN/c1-9-5-6-11(14)10(2)12(9)13(15)7-3-4-8-13/h5-6H,3-4,7-8,15H2,1-2H3. The largest absolute Gasteiger partial charge is 0.321 e. The second-order valence-electron chi connectivity index (χ2n) is 4.73. The molecule has 15 heavy (non-hydrogen) atoms. The highest BCUT2D eigenvalue weighted by Crippen LogP contribution is 2.39. The quantitative estimate of drug-likeness (QED) is 0.752. The van der Waals surface area contributed by atoms with Gasteiger partial charge in [0, 0.05) is 5.54 Å². The molecule has 1 saturated carbocycles. The van der Waals surface area contributed by atoms with E-state index in [0.29, 0.717) is 0 Å². The Labute approximate surface area is 90.5 Å². The van der Waals surface area contributed by atoms with Gasteiger partial charge in [0.05, 0.1) is 0 Å². The molecule has 0 spiro atoms. The SMILES string of the molecule is Cc1ccc(F)c(C)c1C1(N)CCCC1. The number of hydrogen-bond acceptors (Lipinski definition) is 1. The molecular weight excluding hydrogens is 189 g/mol. The summed E-state index contributed by atoms with van der Waals surface area (Å²) in [6.07, 6.45) is 4.29. The van der Waals surface area contributed by atoms with E-state index in [0.717, 1.165) is 42.4 Å². The topological polar surface area (TPSA) is 26.0 Å². The van der Waals surface area contributed by atoms with Crippen molar-refractivity contribution in [3.63, 3.8) is 0 Å². The Morgan fingerprint density at radius 3 is 2.40 bits per heavy atom. The fraction of sp³-hybridized carbons (Fsp3) is 0.538. The van der Waals surface area contributed by atoms with Crippen LogP contribution in [0.5, 0.6) is 0 Å². The maximum Gasteiger partial charge on any atom is 0.126 e. The highest BCUT2D eigenvalue weighted by molar-refractivity contribution is 5.40. The molecule has 0 aliphatic heterocycles. The van der Waals surface area contributed by atoms with E-state index in [-0.39, 0.29) is 11.4 Å². The molecule has 2 N–H and O–H groups in total. The molecule has 0 saturated heterocycles. The van der Waals surface area contributed by atoms with Crippen molar-refractivity contribution >= 4 is 0 Å². The predicted octanol–water partition coefficient (Wildman–Crippen LogP) is 3.17. The monoisotopic (exact) mass is 207 g/mol. The first-order valence-corrected chi connectivity index (χ1v) is 5.60. The molecule has 0 radical (unpaired) electrons. The normalized spacial score (nSPS) is 19.5. The van der Waals surface area contributed by atoms with Crippen molar-refractivity contribution in [2.75, 3.05) is 0 Å². The van der Waals surface area contributed by atoms with E-state index in [4.69, 9.17) is 5.73 Å². The Kier molecular flexibility index (Phi) is 2.55. The highest BCUT2D eigenvalue weighted by Gasteiger charge is 2.34. The maximum absolute atomic E-state index is 13.5. The summed E-state index contributed by atoms with van der Waals surface area (Å²) in [5.41, 5.74) is 9.00. The molecule has 0 heterocycles. The lowest BCUT2D eigenvalue weighted by Gasteiger charge is -2.28. The van der Waals surface area contributed by atoms with E-state index >= 15 is 0 Å². The third kappa shape index (κ3) is 1.67. The van der Waals surface area contributed by atoms with Gasteiger partial charge >= 0.3 is 0 Å². The Balaban J connectivity index is 2.55. The molecule has 82 valence electrons. The molecule has 0 bridgehead atoms. The van der Waals surface area contributed by atoms with Crippen molar-refractivity contribution in [1.29, 1.82) is 0 Å².